The third kappa shape index (κ3) is 5.06. The van der Waals surface area contributed by atoms with Crippen LogP contribution in [-0.2, 0) is 9.53 Å². The molecule has 1 aromatic heterocycles. The number of carbonyl (C=O) groups excluding carboxylic acids is 1. The Morgan fingerprint density at radius 3 is 2.91 bits per heavy atom. The standard InChI is InChI=1S/C13H16FN5O2.ClH/c1-21-5-4-15-7-13(20)18-10-2-3-12(11(14)6-10)19-9-16-8-17-19;/h2-3,6,8-9,15H,4-5,7H2,1H3,(H,18,20);1H. The lowest BCUT2D eigenvalue weighted by atomic mass is 10.2. The minimum atomic E-state index is -0.495. The van der Waals surface area contributed by atoms with Crippen LogP contribution >= 0.6 is 12.4 Å². The minimum Gasteiger partial charge on any atom is -0.383 e. The summed E-state index contributed by atoms with van der Waals surface area (Å²) in [4.78, 5) is 15.4. The largest absolute Gasteiger partial charge is 0.383 e. The number of anilines is 1. The van der Waals surface area contributed by atoms with Gasteiger partial charge in [0.05, 0.1) is 13.2 Å². The lowest BCUT2D eigenvalue weighted by Gasteiger charge is -2.08. The van der Waals surface area contributed by atoms with Crippen LogP contribution in [0.4, 0.5) is 10.1 Å². The maximum Gasteiger partial charge on any atom is 0.238 e. The molecule has 7 nitrogen and oxygen atoms in total. The summed E-state index contributed by atoms with van der Waals surface area (Å²) in [5.41, 5.74) is 0.652. The van der Waals surface area contributed by atoms with E-state index in [4.69, 9.17) is 4.74 Å². The van der Waals surface area contributed by atoms with Crippen LogP contribution in [0.2, 0.25) is 0 Å². The molecule has 0 bridgehead atoms. The van der Waals surface area contributed by atoms with Crippen LogP contribution in [0, 0.1) is 5.82 Å². The molecular formula is C13H17ClFN5O2. The van der Waals surface area contributed by atoms with Crippen molar-refractivity contribution in [2.75, 3.05) is 32.1 Å². The zero-order chi connectivity index (χ0) is 15.1. The summed E-state index contributed by atoms with van der Waals surface area (Å²) in [7, 11) is 1.58. The average molecular weight is 330 g/mol. The first-order valence-electron chi connectivity index (χ1n) is 6.35. The molecule has 0 fully saturated rings. The minimum absolute atomic E-state index is 0. The molecule has 0 unspecified atom stereocenters. The second-order valence-corrected chi connectivity index (χ2v) is 4.22. The summed E-state index contributed by atoms with van der Waals surface area (Å²) in [5, 5.41) is 9.36. The number of benzene rings is 1. The number of methoxy groups -OCH3 is 1. The SMILES string of the molecule is COCCNCC(=O)Nc1ccc(-n2cncn2)c(F)c1.Cl. The third-order valence-corrected chi connectivity index (χ3v) is 2.67. The van der Waals surface area contributed by atoms with Crippen molar-refractivity contribution in [3.63, 3.8) is 0 Å². The molecule has 0 atom stereocenters. The Kier molecular flexibility index (Phi) is 7.44. The second-order valence-electron chi connectivity index (χ2n) is 4.22. The zero-order valence-corrected chi connectivity index (χ0v) is 12.8. The van der Waals surface area contributed by atoms with E-state index >= 15 is 0 Å². The van der Waals surface area contributed by atoms with E-state index in [0.29, 0.717) is 18.8 Å². The number of nitrogens with one attached hydrogen (secondary N) is 2. The van der Waals surface area contributed by atoms with Crippen LogP contribution < -0.4 is 10.6 Å². The summed E-state index contributed by atoms with van der Waals surface area (Å²) in [5.74, 6) is -0.746. The van der Waals surface area contributed by atoms with Gasteiger partial charge in [0.1, 0.15) is 18.3 Å². The Morgan fingerprint density at radius 1 is 1.45 bits per heavy atom. The maximum atomic E-state index is 13.9. The lowest BCUT2D eigenvalue weighted by molar-refractivity contribution is -0.115. The fraction of sp³-hybridized carbons (Fsp3) is 0.308. The normalized spacial score (nSPS) is 10.1. The Balaban J connectivity index is 0.00000242. The highest BCUT2D eigenvalue weighted by Crippen LogP contribution is 2.17. The Morgan fingerprint density at radius 2 is 2.27 bits per heavy atom. The maximum absolute atomic E-state index is 13.9. The summed E-state index contributed by atoms with van der Waals surface area (Å²) >= 11 is 0. The third-order valence-electron chi connectivity index (χ3n) is 2.67. The molecule has 1 amide bonds. The molecule has 22 heavy (non-hydrogen) atoms. The molecule has 9 heteroatoms. The highest BCUT2D eigenvalue weighted by molar-refractivity contribution is 5.92. The number of ether oxygens (including phenoxy) is 1. The molecule has 0 spiro atoms. The Labute approximate surface area is 133 Å². The number of rotatable bonds is 7. The van der Waals surface area contributed by atoms with Crippen LogP contribution in [-0.4, -0.2) is 47.5 Å². The van der Waals surface area contributed by atoms with Gasteiger partial charge in [0, 0.05) is 19.3 Å². The number of hydrogen-bond acceptors (Lipinski definition) is 5. The number of halogens is 2. The number of carbonyl (C=O) groups is 1. The van der Waals surface area contributed by atoms with Gasteiger partial charge in [-0.05, 0) is 18.2 Å². The number of aromatic nitrogens is 3. The Hall–Kier alpha value is -2.03. The first-order valence-corrected chi connectivity index (χ1v) is 6.35. The summed E-state index contributed by atoms with van der Waals surface area (Å²) in [6.07, 6.45) is 2.72. The van der Waals surface area contributed by atoms with Crippen LogP contribution in [0.3, 0.4) is 0 Å². The molecule has 120 valence electrons. The van der Waals surface area contributed by atoms with Gasteiger partial charge in [-0.1, -0.05) is 0 Å². The monoisotopic (exact) mass is 329 g/mol. The van der Waals surface area contributed by atoms with E-state index in [2.05, 4.69) is 20.7 Å². The highest BCUT2D eigenvalue weighted by atomic mass is 35.5. The molecule has 0 saturated carbocycles. The molecule has 0 aliphatic heterocycles. The van der Waals surface area contributed by atoms with Crippen molar-refractivity contribution >= 4 is 24.0 Å². The van der Waals surface area contributed by atoms with Gasteiger partial charge < -0.3 is 15.4 Å². The molecule has 2 aromatic rings. The van der Waals surface area contributed by atoms with Crippen molar-refractivity contribution in [1.29, 1.82) is 0 Å². The smallest absolute Gasteiger partial charge is 0.238 e. The van der Waals surface area contributed by atoms with Gasteiger partial charge in [-0.2, -0.15) is 5.10 Å². The van der Waals surface area contributed by atoms with Crippen molar-refractivity contribution < 1.29 is 13.9 Å². The van der Waals surface area contributed by atoms with Crippen molar-refractivity contribution in [2.45, 2.75) is 0 Å². The van der Waals surface area contributed by atoms with E-state index in [0.717, 1.165) is 0 Å². The fourth-order valence-corrected chi connectivity index (χ4v) is 1.68. The van der Waals surface area contributed by atoms with Crippen LogP contribution in [0.15, 0.2) is 30.9 Å². The van der Waals surface area contributed by atoms with Gasteiger partial charge >= 0.3 is 0 Å². The van der Waals surface area contributed by atoms with E-state index in [1.165, 1.54) is 29.5 Å². The summed E-state index contributed by atoms with van der Waals surface area (Å²) < 4.78 is 20.1. The van der Waals surface area contributed by atoms with Gasteiger partial charge in [0.15, 0.2) is 5.82 Å². The first kappa shape index (κ1) is 18.0. The predicted octanol–water partition coefficient (Wildman–Crippen LogP) is 1.00. The molecule has 0 aliphatic carbocycles. The van der Waals surface area contributed by atoms with Gasteiger partial charge in [-0.3, -0.25) is 4.79 Å². The highest BCUT2D eigenvalue weighted by Gasteiger charge is 2.08. The summed E-state index contributed by atoms with van der Waals surface area (Å²) in [6, 6.07) is 4.37. The lowest BCUT2D eigenvalue weighted by Crippen LogP contribution is -2.30. The molecule has 2 N–H and O–H groups in total. The number of amides is 1. The number of hydrogen-bond donors (Lipinski definition) is 2. The molecule has 2 rings (SSSR count). The van der Waals surface area contributed by atoms with Crippen molar-refractivity contribution in [2.24, 2.45) is 0 Å². The number of nitrogens with zero attached hydrogens (tertiary/aromatic N) is 3. The molecule has 0 saturated heterocycles. The van der Waals surface area contributed by atoms with Gasteiger partial charge in [0.25, 0.3) is 0 Å². The molecule has 1 aromatic carbocycles. The van der Waals surface area contributed by atoms with Crippen LogP contribution in [0.25, 0.3) is 5.69 Å². The van der Waals surface area contributed by atoms with Gasteiger partial charge in [-0.25, -0.2) is 14.1 Å². The Bertz CT molecular complexity index is 594. The van der Waals surface area contributed by atoms with E-state index in [9.17, 15) is 9.18 Å². The quantitative estimate of drug-likeness (QED) is 0.741. The molecular weight excluding hydrogens is 313 g/mol. The van der Waals surface area contributed by atoms with Crippen molar-refractivity contribution in [3.8, 4) is 5.69 Å². The first-order chi connectivity index (χ1) is 10.2. The summed E-state index contributed by atoms with van der Waals surface area (Å²) in [6.45, 7) is 1.23. The molecule has 0 radical (unpaired) electrons. The predicted molar refractivity (Wildman–Crippen MR) is 81.9 cm³/mol. The van der Waals surface area contributed by atoms with E-state index in [-0.39, 0.29) is 30.5 Å². The second kappa shape index (κ2) is 9.08. The molecule has 1 heterocycles. The average Bonchev–Trinajstić information content (AvgIpc) is 2.98. The van der Waals surface area contributed by atoms with Crippen molar-refractivity contribution in [1.82, 2.24) is 20.1 Å². The van der Waals surface area contributed by atoms with E-state index in [1.54, 1.807) is 13.2 Å². The zero-order valence-electron chi connectivity index (χ0n) is 12.0. The van der Waals surface area contributed by atoms with E-state index in [1.807, 2.05) is 0 Å². The van der Waals surface area contributed by atoms with Crippen LogP contribution in [0.1, 0.15) is 0 Å². The van der Waals surface area contributed by atoms with E-state index < -0.39 is 5.82 Å². The van der Waals surface area contributed by atoms with Crippen LogP contribution in [0.5, 0.6) is 0 Å². The van der Waals surface area contributed by atoms with Crippen molar-refractivity contribution in [3.05, 3.63) is 36.7 Å². The topological polar surface area (TPSA) is 81.1 Å². The molecule has 0 aliphatic rings. The van der Waals surface area contributed by atoms with Gasteiger partial charge in [0.2, 0.25) is 5.91 Å². The van der Waals surface area contributed by atoms with Gasteiger partial charge in [-0.15, -0.1) is 12.4 Å². The fourth-order valence-electron chi connectivity index (χ4n) is 1.68.